The molecule has 6 aromatic rings. The highest BCUT2D eigenvalue weighted by Crippen LogP contribution is 2.43. The van der Waals surface area contributed by atoms with Crippen molar-refractivity contribution in [3.63, 3.8) is 0 Å². The lowest BCUT2D eigenvalue weighted by Gasteiger charge is -2.22. The standard InChI is InChI=1S/C66H64N8O14/c1-82-56-33-49-52(68-37-46-31-44-14-6-8-17-54(44)72(46)65(49)80)35-58(56)86-39-41-28-42(40-87-59-36-53-50(34-57(59)83-2)66(81)73-47(38-69-53)32-45-15-7-9-18-55(45)73)30-48(29-41)85-27-26-84-25-23-60(75)67-24-11-10-16-51(43-12-4-3-5-13-43)70-71-61(76)19-22-64(79)88-74-62(77)20-21-63(74)78/h3-9,12-15,17-18,28-30,33-38,46-47H,10-11,16,19-27,31-32,39-40H2,1-2H3,(H,67,75)(H,71,76)/b70-51-/t46-,47-/m0/s1. The van der Waals surface area contributed by atoms with Crippen LogP contribution in [0.25, 0.3) is 0 Å². The van der Waals surface area contributed by atoms with E-state index in [0.717, 1.165) is 28.1 Å². The number of methoxy groups -OCH3 is 2. The van der Waals surface area contributed by atoms with Crippen LogP contribution in [0, 0.1) is 0 Å². The highest BCUT2D eigenvalue weighted by atomic mass is 16.7. The third kappa shape index (κ3) is 13.7. The molecule has 1 saturated heterocycles. The van der Waals surface area contributed by atoms with Crippen LogP contribution in [0.3, 0.4) is 0 Å². The molecule has 22 nitrogen and oxygen atoms in total. The number of anilines is 2. The van der Waals surface area contributed by atoms with Crippen LogP contribution in [0.5, 0.6) is 28.7 Å². The van der Waals surface area contributed by atoms with Gasteiger partial charge in [0.1, 0.15) is 25.6 Å². The van der Waals surface area contributed by atoms with Gasteiger partial charge in [-0.3, -0.25) is 48.6 Å². The molecule has 11 rings (SSSR count). The first kappa shape index (κ1) is 59.5. The summed E-state index contributed by atoms with van der Waals surface area (Å²) in [5.41, 5.74) is 10.9. The highest BCUT2D eigenvalue weighted by molar-refractivity contribution is 6.16. The molecule has 5 aliphatic heterocycles. The summed E-state index contributed by atoms with van der Waals surface area (Å²) in [6.45, 7) is 0.982. The Morgan fingerprint density at radius 2 is 1.15 bits per heavy atom. The molecular weight excluding hydrogens is 1130 g/mol. The van der Waals surface area contributed by atoms with Crippen molar-refractivity contribution in [2.24, 2.45) is 15.1 Å². The van der Waals surface area contributed by atoms with Gasteiger partial charge < -0.3 is 38.6 Å². The fourth-order valence-electron chi connectivity index (χ4n) is 11.0. The van der Waals surface area contributed by atoms with E-state index in [0.29, 0.717) is 112 Å². The molecule has 88 heavy (non-hydrogen) atoms. The Bertz CT molecular complexity index is 3600. The SMILES string of the molecule is COc1cc2c(cc1OCc1cc(COc3cc4c(cc3OC)C(=O)N3c5ccccc5C[C@H]3C=N4)cc(OCCOCCC(=O)NCCCC/C(=N/NC(=O)CCC(=O)ON3C(=O)CCC3=O)c3ccccc3)c1)N=C[C@@H]1Cc3ccccc3N1C2=O. The second kappa shape index (κ2) is 27.4. The molecule has 6 aromatic carbocycles. The number of ether oxygens (including phenoxy) is 6. The fraction of sp³-hybridized carbons (Fsp3) is 0.303. The third-order valence-electron chi connectivity index (χ3n) is 15.4. The van der Waals surface area contributed by atoms with Gasteiger partial charge in [0.05, 0.1) is 74.2 Å². The number of unbranched alkanes of at least 4 members (excludes halogenated alkanes) is 1. The van der Waals surface area contributed by atoms with E-state index in [4.69, 9.17) is 43.2 Å². The smallest absolute Gasteiger partial charge is 0.333 e. The summed E-state index contributed by atoms with van der Waals surface area (Å²) in [5, 5.41) is 7.68. The number of carbonyl (C=O) groups is 7. The Kier molecular flexibility index (Phi) is 18.6. The molecule has 2 atom stereocenters. The van der Waals surface area contributed by atoms with Gasteiger partial charge >= 0.3 is 5.97 Å². The maximum Gasteiger partial charge on any atom is 0.333 e. The average molecular weight is 1190 g/mol. The normalized spacial score (nSPS) is 16.2. The summed E-state index contributed by atoms with van der Waals surface area (Å²) in [5.74, 6) is -1.23. The van der Waals surface area contributed by atoms with E-state index in [1.54, 1.807) is 46.5 Å². The van der Waals surface area contributed by atoms with Gasteiger partial charge in [0.15, 0.2) is 23.0 Å². The number of fused-ring (bicyclic) bond motifs is 8. The maximum absolute atomic E-state index is 14.1. The van der Waals surface area contributed by atoms with Crippen LogP contribution in [-0.2, 0) is 59.6 Å². The van der Waals surface area contributed by atoms with Crippen LogP contribution in [0.15, 0.2) is 136 Å². The number of para-hydroxylation sites is 2. The van der Waals surface area contributed by atoms with Gasteiger partial charge in [-0.2, -0.15) is 5.10 Å². The average Bonchev–Trinajstić information content (AvgIpc) is 2.55. The molecule has 452 valence electrons. The number of imide groups is 1. The van der Waals surface area contributed by atoms with Crippen LogP contribution in [0.1, 0.15) is 99.9 Å². The molecule has 1 fully saturated rings. The predicted molar refractivity (Wildman–Crippen MR) is 324 cm³/mol. The van der Waals surface area contributed by atoms with E-state index in [-0.39, 0.29) is 94.9 Å². The predicted octanol–water partition coefficient (Wildman–Crippen LogP) is 8.42. The van der Waals surface area contributed by atoms with E-state index in [1.165, 1.54) is 14.2 Å². The Hall–Kier alpha value is -10.2. The molecular formula is C66H64N8O14. The quantitative estimate of drug-likeness (QED) is 0.0224. The number of hydroxylamine groups is 2. The number of benzene rings is 6. The summed E-state index contributed by atoms with van der Waals surface area (Å²) >= 11 is 0. The number of hydrogen-bond acceptors (Lipinski definition) is 17. The minimum atomic E-state index is -0.885. The van der Waals surface area contributed by atoms with Gasteiger partial charge in [-0.25, -0.2) is 10.2 Å². The number of rotatable bonds is 26. The number of nitrogens with one attached hydrogen (secondary N) is 2. The summed E-state index contributed by atoms with van der Waals surface area (Å²) in [7, 11) is 3.04. The molecule has 5 aliphatic rings. The fourth-order valence-corrected chi connectivity index (χ4v) is 11.0. The Labute approximate surface area is 507 Å². The van der Waals surface area contributed by atoms with Gasteiger partial charge in [0, 0.05) is 81.0 Å². The summed E-state index contributed by atoms with van der Waals surface area (Å²) in [6, 6.07) is 36.9. The first-order chi connectivity index (χ1) is 42.9. The van der Waals surface area contributed by atoms with Gasteiger partial charge in [-0.15, -0.1) is 5.06 Å². The lowest BCUT2D eigenvalue weighted by molar-refractivity contribution is -0.197. The maximum atomic E-state index is 14.1. The van der Waals surface area contributed by atoms with Crippen molar-refractivity contribution in [1.82, 2.24) is 15.8 Å². The highest BCUT2D eigenvalue weighted by Gasteiger charge is 2.39. The minimum absolute atomic E-state index is 0.0335. The van der Waals surface area contributed by atoms with E-state index in [1.807, 2.05) is 97.1 Å². The Morgan fingerprint density at radius 1 is 0.580 bits per heavy atom. The van der Waals surface area contributed by atoms with Crippen molar-refractivity contribution < 1.29 is 66.8 Å². The molecule has 2 N–H and O–H groups in total. The molecule has 0 aliphatic carbocycles. The molecule has 0 spiro atoms. The molecule has 0 radical (unpaired) electrons. The number of hydrogen-bond donors (Lipinski definition) is 2. The lowest BCUT2D eigenvalue weighted by Crippen LogP contribution is -2.37. The van der Waals surface area contributed by atoms with Crippen molar-refractivity contribution in [1.29, 1.82) is 0 Å². The van der Waals surface area contributed by atoms with Gasteiger partial charge in [0.25, 0.3) is 23.6 Å². The number of carbonyl (C=O) groups excluding carboxylic acids is 7. The van der Waals surface area contributed by atoms with Crippen LogP contribution < -0.4 is 44.2 Å². The van der Waals surface area contributed by atoms with Gasteiger partial charge in [0.2, 0.25) is 11.8 Å². The van der Waals surface area contributed by atoms with Crippen molar-refractivity contribution >= 4 is 82.3 Å². The van der Waals surface area contributed by atoms with Crippen molar-refractivity contribution in [2.75, 3.05) is 50.4 Å². The van der Waals surface area contributed by atoms with Gasteiger partial charge in [-0.05, 0) is 89.5 Å². The first-order valence-corrected chi connectivity index (χ1v) is 29.1. The van der Waals surface area contributed by atoms with E-state index >= 15 is 0 Å². The monoisotopic (exact) mass is 1190 g/mol. The topological polar surface area (TPSA) is 255 Å². The molecule has 22 heteroatoms. The van der Waals surface area contributed by atoms with E-state index < -0.39 is 23.7 Å². The second-order valence-electron chi connectivity index (χ2n) is 21.3. The van der Waals surface area contributed by atoms with Crippen LogP contribution in [0.4, 0.5) is 22.7 Å². The second-order valence-corrected chi connectivity index (χ2v) is 21.3. The first-order valence-electron chi connectivity index (χ1n) is 29.1. The Balaban J connectivity index is 0.691. The van der Waals surface area contributed by atoms with Gasteiger partial charge in [-0.1, -0.05) is 66.7 Å². The summed E-state index contributed by atoms with van der Waals surface area (Å²) in [4.78, 5) is 107. The van der Waals surface area contributed by atoms with E-state index in [9.17, 15) is 33.6 Å². The number of aliphatic imine (C=N–C) groups is 2. The van der Waals surface area contributed by atoms with Crippen LogP contribution >= 0.6 is 0 Å². The Morgan fingerprint density at radius 3 is 1.73 bits per heavy atom. The zero-order valence-corrected chi connectivity index (χ0v) is 48.6. The largest absolute Gasteiger partial charge is 0.493 e. The molecule has 5 heterocycles. The van der Waals surface area contributed by atoms with Crippen molar-refractivity contribution in [3.8, 4) is 28.7 Å². The number of amides is 6. The summed E-state index contributed by atoms with van der Waals surface area (Å²) in [6.07, 6.45) is 6.07. The molecule has 0 bridgehead atoms. The lowest BCUT2D eigenvalue weighted by atomic mass is 10.0. The third-order valence-corrected chi connectivity index (χ3v) is 15.4. The van der Waals surface area contributed by atoms with E-state index in [2.05, 4.69) is 15.8 Å². The van der Waals surface area contributed by atoms with Crippen molar-refractivity contribution in [2.45, 2.75) is 89.5 Å². The van der Waals surface area contributed by atoms with Crippen molar-refractivity contribution in [3.05, 3.63) is 160 Å². The van der Waals surface area contributed by atoms with Crippen LogP contribution in [-0.4, -0.2) is 117 Å². The van der Waals surface area contributed by atoms with Crippen LogP contribution in [0.2, 0.25) is 0 Å². The number of hydrazone groups is 1. The zero-order valence-electron chi connectivity index (χ0n) is 48.6. The molecule has 0 aromatic heterocycles. The molecule has 0 unspecified atom stereocenters. The minimum Gasteiger partial charge on any atom is -0.493 e. The molecule has 6 amide bonds. The number of nitrogens with zero attached hydrogens (tertiary/aromatic N) is 6. The zero-order chi connectivity index (χ0) is 61.1. The summed E-state index contributed by atoms with van der Waals surface area (Å²) < 4.78 is 36.6. The molecule has 0 saturated carbocycles.